The summed E-state index contributed by atoms with van der Waals surface area (Å²) in [7, 11) is 1.80. The van der Waals surface area contributed by atoms with Crippen molar-refractivity contribution in [3.63, 3.8) is 0 Å². The first-order chi connectivity index (χ1) is 13.6. The number of hydrogen-bond donors (Lipinski definition) is 1. The van der Waals surface area contributed by atoms with Crippen LogP contribution in [0, 0.1) is 0 Å². The summed E-state index contributed by atoms with van der Waals surface area (Å²) < 4.78 is 25.7. The van der Waals surface area contributed by atoms with E-state index >= 15 is 0 Å². The summed E-state index contributed by atoms with van der Waals surface area (Å²) in [6.07, 6.45) is -1.38. The number of rotatable bonds is 9. The SMILES string of the molecule is CCN(CCN(C)c1nccc(C(C)(C)O)n1)C(=O)c1ccccc1CC(F)F. The lowest BCUT2D eigenvalue weighted by molar-refractivity contribution is 0.0737. The maximum Gasteiger partial charge on any atom is 0.254 e. The number of aromatic nitrogens is 2. The van der Waals surface area contributed by atoms with Crippen molar-refractivity contribution in [2.24, 2.45) is 0 Å². The average Bonchev–Trinajstić information content (AvgIpc) is 2.67. The van der Waals surface area contributed by atoms with Crippen molar-refractivity contribution in [2.45, 2.75) is 39.2 Å². The van der Waals surface area contributed by atoms with Gasteiger partial charge in [0.2, 0.25) is 12.4 Å². The number of carbonyl (C=O) groups excluding carboxylic acids is 1. The molecule has 1 heterocycles. The summed E-state index contributed by atoms with van der Waals surface area (Å²) in [6.45, 7) is 6.41. The van der Waals surface area contributed by atoms with E-state index in [1.54, 1.807) is 67.2 Å². The molecule has 1 aromatic carbocycles. The van der Waals surface area contributed by atoms with Crippen molar-refractivity contribution >= 4 is 11.9 Å². The predicted octanol–water partition coefficient (Wildman–Crippen LogP) is 3.11. The summed E-state index contributed by atoms with van der Waals surface area (Å²) in [6, 6.07) is 8.14. The normalized spacial score (nSPS) is 11.6. The van der Waals surface area contributed by atoms with Crippen LogP contribution in [0.1, 0.15) is 42.4 Å². The Morgan fingerprint density at radius 2 is 1.90 bits per heavy atom. The van der Waals surface area contributed by atoms with Gasteiger partial charge in [-0.15, -0.1) is 0 Å². The number of carbonyl (C=O) groups is 1. The van der Waals surface area contributed by atoms with Gasteiger partial charge in [-0.3, -0.25) is 4.79 Å². The molecule has 1 N–H and O–H groups in total. The molecule has 0 atom stereocenters. The molecule has 29 heavy (non-hydrogen) atoms. The van der Waals surface area contributed by atoms with E-state index in [0.29, 0.717) is 42.4 Å². The predicted molar refractivity (Wildman–Crippen MR) is 108 cm³/mol. The van der Waals surface area contributed by atoms with E-state index in [2.05, 4.69) is 9.97 Å². The fraction of sp³-hybridized carbons (Fsp3) is 0.476. The Kier molecular flexibility index (Phi) is 7.61. The number of halogens is 2. The van der Waals surface area contributed by atoms with Gasteiger partial charge in [-0.05, 0) is 38.5 Å². The highest BCUT2D eigenvalue weighted by atomic mass is 19.3. The second kappa shape index (κ2) is 9.73. The third-order valence-corrected chi connectivity index (χ3v) is 4.61. The van der Waals surface area contributed by atoms with Gasteiger partial charge in [0.05, 0.1) is 5.69 Å². The Hall–Kier alpha value is -2.61. The van der Waals surface area contributed by atoms with Crippen LogP contribution in [0.3, 0.4) is 0 Å². The van der Waals surface area contributed by atoms with E-state index < -0.39 is 18.4 Å². The van der Waals surface area contributed by atoms with Crippen LogP contribution in [0.5, 0.6) is 0 Å². The van der Waals surface area contributed by atoms with Gasteiger partial charge in [0, 0.05) is 44.9 Å². The van der Waals surface area contributed by atoms with E-state index in [-0.39, 0.29) is 5.91 Å². The fourth-order valence-corrected chi connectivity index (χ4v) is 2.89. The lowest BCUT2D eigenvalue weighted by atomic mass is 10.0. The van der Waals surface area contributed by atoms with Crippen LogP contribution in [-0.4, -0.2) is 59.0 Å². The van der Waals surface area contributed by atoms with Gasteiger partial charge in [0.15, 0.2) is 0 Å². The second-order valence-corrected chi connectivity index (χ2v) is 7.36. The van der Waals surface area contributed by atoms with Crippen molar-refractivity contribution in [1.29, 1.82) is 0 Å². The van der Waals surface area contributed by atoms with Crippen molar-refractivity contribution in [2.75, 3.05) is 31.6 Å². The zero-order valence-electron chi connectivity index (χ0n) is 17.3. The van der Waals surface area contributed by atoms with Crippen molar-refractivity contribution in [1.82, 2.24) is 14.9 Å². The molecule has 0 saturated heterocycles. The molecule has 158 valence electrons. The number of alkyl halides is 2. The largest absolute Gasteiger partial charge is 0.384 e. The molecule has 0 fully saturated rings. The highest BCUT2D eigenvalue weighted by Gasteiger charge is 2.21. The zero-order valence-corrected chi connectivity index (χ0v) is 17.3. The minimum atomic E-state index is -2.51. The van der Waals surface area contributed by atoms with Crippen LogP contribution >= 0.6 is 0 Å². The summed E-state index contributed by atoms with van der Waals surface area (Å²) in [5.74, 6) is 0.162. The Morgan fingerprint density at radius 3 is 2.52 bits per heavy atom. The zero-order chi connectivity index (χ0) is 21.6. The molecule has 0 radical (unpaired) electrons. The summed E-state index contributed by atoms with van der Waals surface area (Å²) in [5.41, 5.74) is 0.0649. The van der Waals surface area contributed by atoms with E-state index in [4.69, 9.17) is 0 Å². The van der Waals surface area contributed by atoms with E-state index in [0.717, 1.165) is 0 Å². The first-order valence-electron chi connectivity index (χ1n) is 9.55. The first kappa shape index (κ1) is 22.7. The van der Waals surface area contributed by atoms with Gasteiger partial charge >= 0.3 is 0 Å². The Bertz CT molecular complexity index is 824. The highest BCUT2D eigenvalue weighted by Crippen LogP contribution is 2.19. The summed E-state index contributed by atoms with van der Waals surface area (Å²) in [4.78, 5) is 24.9. The molecule has 0 aliphatic rings. The molecule has 6 nitrogen and oxygen atoms in total. The molecule has 0 saturated carbocycles. The van der Waals surface area contributed by atoms with Gasteiger partial charge in [-0.2, -0.15) is 0 Å². The molecule has 0 aliphatic carbocycles. The van der Waals surface area contributed by atoms with Gasteiger partial charge in [-0.1, -0.05) is 18.2 Å². The molecule has 2 aromatic rings. The van der Waals surface area contributed by atoms with Crippen molar-refractivity contribution in [3.05, 3.63) is 53.3 Å². The van der Waals surface area contributed by atoms with Gasteiger partial charge in [0.1, 0.15) is 5.60 Å². The number of anilines is 1. The van der Waals surface area contributed by atoms with E-state index in [9.17, 15) is 18.7 Å². The van der Waals surface area contributed by atoms with Gasteiger partial charge in [0.25, 0.3) is 5.91 Å². The molecule has 8 heteroatoms. The first-order valence-corrected chi connectivity index (χ1v) is 9.55. The maximum atomic E-state index is 12.9. The number of benzene rings is 1. The monoisotopic (exact) mass is 406 g/mol. The minimum absolute atomic E-state index is 0.275. The molecule has 0 unspecified atom stereocenters. The van der Waals surface area contributed by atoms with Crippen LogP contribution in [0.4, 0.5) is 14.7 Å². The summed E-state index contributed by atoms with van der Waals surface area (Å²) in [5, 5.41) is 10.1. The lowest BCUT2D eigenvalue weighted by Gasteiger charge is -2.26. The van der Waals surface area contributed by atoms with E-state index in [1.807, 2.05) is 6.92 Å². The standard InChI is InChI=1S/C21H28F2N4O2/c1-5-27(19(28)16-9-7-6-8-15(16)14-18(22)23)13-12-26(4)20-24-11-10-17(25-20)21(2,3)29/h6-11,18,29H,5,12-14H2,1-4H3. The molecule has 1 amide bonds. The molecular weight excluding hydrogens is 378 g/mol. The third kappa shape index (κ3) is 6.19. The Labute approximate surface area is 170 Å². The number of likely N-dealkylation sites (N-methyl/N-ethyl adjacent to an activating group) is 2. The molecule has 1 aromatic heterocycles. The lowest BCUT2D eigenvalue weighted by Crippen LogP contribution is -2.38. The van der Waals surface area contributed by atoms with Crippen molar-refractivity contribution < 1.29 is 18.7 Å². The average molecular weight is 406 g/mol. The van der Waals surface area contributed by atoms with Crippen LogP contribution in [0.25, 0.3) is 0 Å². The number of nitrogens with zero attached hydrogens (tertiary/aromatic N) is 4. The minimum Gasteiger partial charge on any atom is -0.384 e. The highest BCUT2D eigenvalue weighted by molar-refractivity contribution is 5.95. The van der Waals surface area contributed by atoms with Crippen LogP contribution < -0.4 is 4.90 Å². The second-order valence-electron chi connectivity index (χ2n) is 7.36. The third-order valence-electron chi connectivity index (χ3n) is 4.61. The molecule has 2 rings (SSSR count). The Morgan fingerprint density at radius 1 is 1.21 bits per heavy atom. The maximum absolute atomic E-state index is 12.9. The fourth-order valence-electron chi connectivity index (χ4n) is 2.89. The number of amides is 1. The van der Waals surface area contributed by atoms with Crippen LogP contribution in [0.2, 0.25) is 0 Å². The Balaban J connectivity index is 2.10. The van der Waals surface area contributed by atoms with Crippen molar-refractivity contribution in [3.8, 4) is 0 Å². The van der Waals surface area contributed by atoms with E-state index in [1.165, 1.54) is 0 Å². The smallest absolute Gasteiger partial charge is 0.254 e. The topological polar surface area (TPSA) is 69.6 Å². The quantitative estimate of drug-likeness (QED) is 0.693. The van der Waals surface area contributed by atoms with Gasteiger partial charge in [-0.25, -0.2) is 18.7 Å². The number of aliphatic hydroxyl groups is 1. The van der Waals surface area contributed by atoms with Crippen LogP contribution in [0.15, 0.2) is 36.5 Å². The summed E-state index contributed by atoms with van der Waals surface area (Å²) >= 11 is 0. The van der Waals surface area contributed by atoms with Gasteiger partial charge < -0.3 is 14.9 Å². The molecular formula is C21H28F2N4O2. The van der Waals surface area contributed by atoms with Crippen LogP contribution in [-0.2, 0) is 12.0 Å². The molecule has 0 spiro atoms. The number of hydrogen-bond acceptors (Lipinski definition) is 5. The molecule has 0 aliphatic heterocycles. The molecule has 0 bridgehead atoms.